The van der Waals surface area contributed by atoms with E-state index in [2.05, 4.69) is 4.99 Å². The number of benzene rings is 6. The molecule has 0 unspecified atom stereocenters. The highest BCUT2D eigenvalue weighted by molar-refractivity contribution is 6.65. The summed E-state index contributed by atoms with van der Waals surface area (Å²) in [6, 6.07) is 47.0. The molecule has 0 saturated carbocycles. The smallest absolute Gasteiger partial charge is 0.233 e. The largest absolute Gasteiger partial charge is 0.492 e. The summed E-state index contributed by atoms with van der Waals surface area (Å²) in [5, 5.41) is 19.4. The van der Waals surface area contributed by atoms with Crippen LogP contribution in [-0.2, 0) is 0 Å². The molecule has 1 aliphatic rings. The lowest BCUT2D eigenvalue weighted by Gasteiger charge is -2.25. The first-order chi connectivity index (χ1) is 29.7. The number of ketones is 5. The fourth-order valence-corrected chi connectivity index (χ4v) is 6.66. The molecule has 0 heterocycles. The molecular weight excluding hydrogens is 769 g/mol. The first-order valence-corrected chi connectivity index (χ1v) is 19.1. The number of carbonyl (C=O) groups excluding carboxylic acids is 5. The maximum atomic E-state index is 13.4. The zero-order chi connectivity index (χ0) is 42.7. The summed E-state index contributed by atoms with van der Waals surface area (Å²) in [6.45, 7) is 1.21. The molecule has 0 bridgehead atoms. The number of carbonyl (C=O) groups is 5. The average molecular weight is 803 g/mol. The highest BCUT2D eigenvalue weighted by Crippen LogP contribution is 2.34. The van der Waals surface area contributed by atoms with Gasteiger partial charge in [0.15, 0.2) is 0 Å². The molecule has 0 atom stereocenters. The van der Waals surface area contributed by atoms with Gasteiger partial charge in [0.05, 0.1) is 18.8 Å². The van der Waals surface area contributed by atoms with Gasteiger partial charge in [0.1, 0.15) is 48.1 Å². The van der Waals surface area contributed by atoms with Crippen LogP contribution in [0.5, 0.6) is 11.5 Å². The third-order valence-corrected chi connectivity index (χ3v) is 9.80. The Morgan fingerprint density at radius 1 is 0.508 bits per heavy atom. The lowest BCUT2D eigenvalue weighted by Crippen LogP contribution is -2.32. The van der Waals surface area contributed by atoms with Gasteiger partial charge < -0.3 is 14.4 Å². The number of hydrogen-bond donors (Lipinski definition) is 0. The number of aliphatic imine (C=N–C) groups is 1. The fraction of sp³-hybridized carbons (Fsp3) is 0.0800. The maximum absolute atomic E-state index is 13.4. The Kier molecular flexibility index (Phi) is 12.5. The number of anilines is 1. The van der Waals surface area contributed by atoms with Crippen molar-refractivity contribution in [2.45, 2.75) is 0 Å². The molecular formula is C50H34N4O7. The summed E-state index contributed by atoms with van der Waals surface area (Å²) in [5.74, 6) is -1.84. The van der Waals surface area contributed by atoms with Crippen molar-refractivity contribution in [1.82, 2.24) is 0 Å². The van der Waals surface area contributed by atoms with Crippen LogP contribution in [0.2, 0.25) is 0 Å². The summed E-state index contributed by atoms with van der Waals surface area (Å²) in [4.78, 5) is 71.0. The highest BCUT2D eigenvalue weighted by atomic mass is 16.5. The van der Waals surface area contributed by atoms with Gasteiger partial charge in [0.25, 0.3) is 0 Å². The zero-order valence-electron chi connectivity index (χ0n) is 32.5. The van der Waals surface area contributed by atoms with Crippen LogP contribution >= 0.6 is 0 Å². The molecule has 6 aromatic carbocycles. The van der Waals surface area contributed by atoms with Crippen molar-refractivity contribution in [2.24, 2.45) is 4.99 Å². The Bertz CT molecular complexity index is 2650. The fourth-order valence-electron chi connectivity index (χ4n) is 6.66. The molecule has 61 heavy (non-hydrogen) atoms. The summed E-state index contributed by atoms with van der Waals surface area (Å²) < 4.78 is 12.1. The number of rotatable bonds is 16. The minimum absolute atomic E-state index is 0.0139. The van der Waals surface area contributed by atoms with Crippen LogP contribution in [0.3, 0.4) is 0 Å². The SMILES string of the molecule is N#CC(C#N)=C1C(=Nc2ccc(N(CCOc3ccc(C(=O)C(=O)c4ccccc4)cc3)CCOc3ccc(C(=O)C(=O)c4ccccc4)cc3)cc2)C(=O)c2ccccc21. The van der Waals surface area contributed by atoms with E-state index < -0.39 is 23.1 Å². The second kappa shape index (κ2) is 18.8. The predicted octanol–water partition coefficient (Wildman–Crippen LogP) is 8.55. The minimum atomic E-state index is -0.621. The van der Waals surface area contributed by atoms with Crippen LogP contribution in [-0.4, -0.2) is 60.9 Å². The minimum Gasteiger partial charge on any atom is -0.492 e. The van der Waals surface area contributed by atoms with Gasteiger partial charge in [0.2, 0.25) is 28.9 Å². The van der Waals surface area contributed by atoms with Crippen LogP contribution < -0.4 is 14.4 Å². The Hall–Kier alpha value is -8.54. The molecule has 0 spiro atoms. The zero-order valence-corrected chi connectivity index (χ0v) is 32.5. The number of nitriles is 2. The summed E-state index contributed by atoms with van der Waals surface area (Å²) in [6.07, 6.45) is 0. The van der Waals surface area contributed by atoms with Crippen molar-refractivity contribution in [3.05, 3.63) is 197 Å². The quantitative estimate of drug-likeness (QED) is 0.0526. The molecule has 0 saturated heterocycles. The van der Waals surface area contributed by atoms with Crippen molar-refractivity contribution < 1.29 is 33.4 Å². The third-order valence-electron chi connectivity index (χ3n) is 9.80. The molecule has 11 heteroatoms. The second-order valence-corrected chi connectivity index (χ2v) is 13.6. The van der Waals surface area contributed by atoms with Crippen LogP contribution in [0.15, 0.2) is 168 Å². The molecule has 0 fully saturated rings. The highest BCUT2D eigenvalue weighted by Gasteiger charge is 2.34. The molecule has 0 aliphatic heterocycles. The van der Waals surface area contributed by atoms with Gasteiger partial charge in [-0.25, -0.2) is 4.99 Å². The van der Waals surface area contributed by atoms with Crippen molar-refractivity contribution in [3.63, 3.8) is 0 Å². The van der Waals surface area contributed by atoms with E-state index in [1.54, 1.807) is 146 Å². The van der Waals surface area contributed by atoms with E-state index in [9.17, 15) is 34.5 Å². The van der Waals surface area contributed by atoms with Crippen LogP contribution in [0.4, 0.5) is 11.4 Å². The molecule has 0 aromatic heterocycles. The lowest BCUT2D eigenvalue weighted by molar-refractivity contribution is 0.0817. The van der Waals surface area contributed by atoms with E-state index in [1.807, 2.05) is 29.2 Å². The normalized spacial score (nSPS) is 12.1. The van der Waals surface area contributed by atoms with Crippen molar-refractivity contribution in [3.8, 4) is 23.6 Å². The molecule has 0 amide bonds. The van der Waals surface area contributed by atoms with Gasteiger partial charge in [-0.05, 0) is 78.4 Å². The van der Waals surface area contributed by atoms with Gasteiger partial charge in [-0.3, -0.25) is 24.0 Å². The van der Waals surface area contributed by atoms with Crippen molar-refractivity contribution >= 4 is 51.6 Å². The molecule has 296 valence electrons. The van der Waals surface area contributed by atoms with Gasteiger partial charge >= 0.3 is 0 Å². The first kappa shape index (κ1) is 40.6. The van der Waals surface area contributed by atoms with E-state index >= 15 is 0 Å². The second-order valence-electron chi connectivity index (χ2n) is 13.6. The van der Waals surface area contributed by atoms with Crippen LogP contribution in [0.25, 0.3) is 5.57 Å². The predicted molar refractivity (Wildman–Crippen MR) is 229 cm³/mol. The number of Topliss-reactive ketones (excluding diaryl/α,β-unsaturated/α-hetero) is 5. The lowest BCUT2D eigenvalue weighted by atomic mass is 10.0. The molecule has 0 radical (unpaired) electrons. The summed E-state index contributed by atoms with van der Waals surface area (Å²) in [7, 11) is 0. The van der Waals surface area contributed by atoms with Crippen molar-refractivity contribution in [2.75, 3.05) is 31.2 Å². The summed E-state index contributed by atoms with van der Waals surface area (Å²) in [5.41, 5.74) is 3.16. The van der Waals surface area contributed by atoms with E-state index in [0.717, 1.165) is 5.69 Å². The van der Waals surface area contributed by atoms with E-state index in [0.29, 0.717) is 52.5 Å². The Balaban J connectivity index is 1.05. The van der Waals surface area contributed by atoms with Gasteiger partial charge in [-0.1, -0.05) is 84.9 Å². The number of hydrogen-bond acceptors (Lipinski definition) is 11. The third kappa shape index (κ3) is 9.28. The number of allylic oxidation sites excluding steroid dienone is 2. The average Bonchev–Trinajstić information content (AvgIpc) is 3.59. The number of fused-ring (bicyclic) bond motifs is 1. The maximum Gasteiger partial charge on any atom is 0.233 e. The van der Waals surface area contributed by atoms with Crippen LogP contribution in [0, 0.1) is 22.7 Å². The topological polar surface area (TPSA) is 167 Å². The molecule has 6 aromatic rings. The summed E-state index contributed by atoms with van der Waals surface area (Å²) >= 11 is 0. The standard InChI is InChI=1S/C50H34N4O7/c51-31-37(32-52)44-42-13-7-8-14-43(42)50(59)45(44)53-38-19-21-39(22-20-38)54(27-29-60-40-23-15-35(16-24-40)48(57)46(55)33-9-3-1-4-10-33)28-30-61-41-25-17-36(18-26-41)49(58)47(56)34-11-5-2-6-12-34/h1-26H,27-30H2. The number of ether oxygens (including phenoxy) is 2. The monoisotopic (exact) mass is 802 g/mol. The first-order valence-electron chi connectivity index (χ1n) is 19.1. The van der Waals surface area contributed by atoms with Gasteiger partial charge in [-0.2, -0.15) is 10.5 Å². The van der Waals surface area contributed by atoms with E-state index in [4.69, 9.17) is 9.47 Å². The van der Waals surface area contributed by atoms with E-state index in [-0.39, 0.29) is 47.0 Å². The van der Waals surface area contributed by atoms with Gasteiger partial charge in [0, 0.05) is 39.1 Å². The molecule has 0 N–H and O–H groups in total. The number of nitrogens with zero attached hydrogens (tertiary/aromatic N) is 4. The Morgan fingerprint density at radius 2 is 0.918 bits per heavy atom. The van der Waals surface area contributed by atoms with Gasteiger partial charge in [-0.15, -0.1) is 0 Å². The van der Waals surface area contributed by atoms with Crippen LogP contribution in [0.1, 0.15) is 57.4 Å². The van der Waals surface area contributed by atoms with Crippen molar-refractivity contribution in [1.29, 1.82) is 10.5 Å². The Labute approximate surface area is 351 Å². The Morgan fingerprint density at radius 3 is 1.36 bits per heavy atom. The molecule has 7 rings (SSSR count). The van der Waals surface area contributed by atoms with E-state index in [1.165, 1.54) is 0 Å². The molecule has 11 nitrogen and oxygen atoms in total. The molecule has 1 aliphatic carbocycles.